The molecular weight excluding hydrogens is 393 g/mol. The maximum atomic E-state index is 11.6. The molecule has 9 heteroatoms. The molecule has 0 aliphatic heterocycles. The number of aryl methyl sites for hydroxylation is 2. The highest BCUT2D eigenvalue weighted by atomic mass is 35.5. The van der Waals surface area contributed by atoms with Crippen molar-refractivity contribution in [3.05, 3.63) is 39.5 Å². The van der Waals surface area contributed by atoms with E-state index in [4.69, 9.17) is 37.9 Å². The fourth-order valence-corrected chi connectivity index (χ4v) is 2.74. The SMILES string of the molecule is COC(=O)[C@H](C)Oc1cc(Oc2c(C=CC#N)c(C)nn2C)c(Cl)cc1Cl. The molecule has 0 saturated carbocycles. The number of ether oxygens (including phenoxy) is 3. The van der Waals surface area contributed by atoms with Gasteiger partial charge >= 0.3 is 5.97 Å². The molecule has 0 radical (unpaired) electrons. The fourth-order valence-electron chi connectivity index (χ4n) is 2.27. The largest absolute Gasteiger partial charge is 0.477 e. The van der Waals surface area contributed by atoms with Crippen molar-refractivity contribution in [2.45, 2.75) is 20.0 Å². The maximum absolute atomic E-state index is 11.6. The summed E-state index contributed by atoms with van der Waals surface area (Å²) >= 11 is 12.4. The molecule has 1 atom stereocenters. The molecule has 0 spiro atoms. The van der Waals surface area contributed by atoms with Gasteiger partial charge in [0.1, 0.15) is 5.75 Å². The Kier molecular flexibility index (Phi) is 6.72. The van der Waals surface area contributed by atoms with E-state index in [9.17, 15) is 4.79 Å². The van der Waals surface area contributed by atoms with Gasteiger partial charge in [0.2, 0.25) is 5.88 Å². The van der Waals surface area contributed by atoms with Gasteiger partial charge in [0, 0.05) is 19.2 Å². The van der Waals surface area contributed by atoms with Crippen LogP contribution in [0.15, 0.2) is 18.2 Å². The van der Waals surface area contributed by atoms with Gasteiger partial charge in [-0.2, -0.15) is 10.4 Å². The summed E-state index contributed by atoms with van der Waals surface area (Å²) in [6.45, 7) is 3.33. The quantitative estimate of drug-likeness (QED) is 0.521. The van der Waals surface area contributed by atoms with Crippen LogP contribution < -0.4 is 9.47 Å². The second kappa shape index (κ2) is 8.80. The summed E-state index contributed by atoms with van der Waals surface area (Å²) in [6.07, 6.45) is 2.06. The molecule has 0 bridgehead atoms. The summed E-state index contributed by atoms with van der Waals surface area (Å²) in [5.41, 5.74) is 1.32. The number of methoxy groups -OCH3 is 1. The normalized spacial score (nSPS) is 11.9. The number of esters is 1. The summed E-state index contributed by atoms with van der Waals surface area (Å²) in [4.78, 5) is 11.6. The number of benzene rings is 1. The zero-order valence-corrected chi connectivity index (χ0v) is 16.6. The molecule has 2 aromatic rings. The molecule has 0 aliphatic carbocycles. The van der Waals surface area contributed by atoms with Crippen molar-refractivity contribution >= 4 is 35.2 Å². The topological polar surface area (TPSA) is 86.4 Å². The number of hydrogen-bond acceptors (Lipinski definition) is 6. The molecule has 1 aromatic heterocycles. The fraction of sp³-hybridized carbons (Fsp3) is 0.278. The van der Waals surface area contributed by atoms with E-state index in [1.54, 1.807) is 20.0 Å². The third-order valence-corrected chi connectivity index (χ3v) is 4.16. The number of carbonyl (C=O) groups is 1. The molecule has 1 aromatic carbocycles. The number of allylic oxidation sites excluding steroid dienone is 1. The van der Waals surface area contributed by atoms with Crippen LogP contribution in [-0.4, -0.2) is 29.0 Å². The van der Waals surface area contributed by atoms with Crippen LogP contribution in [-0.2, 0) is 16.6 Å². The standard InChI is InChI=1S/C18H17Cl2N3O4/c1-10-12(6-5-7-21)17(23(3)22-10)27-16-9-15(13(19)8-14(16)20)26-11(2)18(24)25-4/h5-6,8-9,11H,1-4H3/t11-/m0/s1. The molecule has 0 aliphatic rings. The maximum Gasteiger partial charge on any atom is 0.346 e. The van der Waals surface area contributed by atoms with E-state index < -0.39 is 12.1 Å². The van der Waals surface area contributed by atoms with Gasteiger partial charge in [-0.15, -0.1) is 0 Å². The van der Waals surface area contributed by atoms with Crippen molar-refractivity contribution in [3.63, 3.8) is 0 Å². The second-order valence-electron chi connectivity index (χ2n) is 5.49. The first-order valence-corrected chi connectivity index (χ1v) is 8.55. The highest BCUT2D eigenvalue weighted by Crippen LogP contribution is 2.39. The lowest BCUT2D eigenvalue weighted by Gasteiger charge is -2.16. The van der Waals surface area contributed by atoms with Crippen molar-refractivity contribution in [1.82, 2.24) is 9.78 Å². The highest BCUT2D eigenvalue weighted by Gasteiger charge is 2.20. The summed E-state index contributed by atoms with van der Waals surface area (Å²) < 4.78 is 17.6. The monoisotopic (exact) mass is 409 g/mol. The lowest BCUT2D eigenvalue weighted by molar-refractivity contribution is -0.147. The first-order chi connectivity index (χ1) is 12.8. The Bertz CT molecular complexity index is 932. The van der Waals surface area contributed by atoms with Crippen LogP contribution in [0.3, 0.4) is 0 Å². The van der Waals surface area contributed by atoms with E-state index in [2.05, 4.69) is 9.84 Å². The Balaban J connectivity index is 2.41. The van der Waals surface area contributed by atoms with Gasteiger partial charge in [-0.3, -0.25) is 0 Å². The Labute approximate surface area is 166 Å². The summed E-state index contributed by atoms with van der Waals surface area (Å²) in [5, 5.41) is 13.5. The number of nitrogens with zero attached hydrogens (tertiary/aromatic N) is 3. The highest BCUT2D eigenvalue weighted by molar-refractivity contribution is 6.36. The number of rotatable bonds is 6. The van der Waals surface area contributed by atoms with Gasteiger partial charge in [-0.25, -0.2) is 9.48 Å². The molecular formula is C18H17Cl2N3O4. The zero-order valence-electron chi connectivity index (χ0n) is 15.1. The van der Waals surface area contributed by atoms with E-state index in [0.717, 1.165) is 0 Å². The lowest BCUT2D eigenvalue weighted by Crippen LogP contribution is -2.25. The predicted octanol–water partition coefficient (Wildman–Crippen LogP) is 4.30. The third-order valence-electron chi connectivity index (χ3n) is 3.57. The van der Waals surface area contributed by atoms with Crippen LogP contribution in [0.4, 0.5) is 0 Å². The summed E-state index contributed by atoms with van der Waals surface area (Å²) in [5.74, 6) is 0.301. The third kappa shape index (κ3) is 4.73. The molecule has 0 N–H and O–H groups in total. The van der Waals surface area contributed by atoms with Gasteiger partial charge in [0.05, 0.1) is 34.5 Å². The summed E-state index contributed by atoms with van der Waals surface area (Å²) in [7, 11) is 2.97. The molecule has 0 fully saturated rings. The molecule has 1 heterocycles. The Morgan fingerprint density at radius 3 is 2.63 bits per heavy atom. The smallest absolute Gasteiger partial charge is 0.346 e. The number of halogens is 2. The van der Waals surface area contributed by atoms with Crippen LogP contribution in [0, 0.1) is 18.3 Å². The lowest BCUT2D eigenvalue weighted by atomic mass is 10.2. The Morgan fingerprint density at radius 1 is 1.33 bits per heavy atom. The second-order valence-corrected chi connectivity index (χ2v) is 6.30. The van der Waals surface area contributed by atoms with Crippen LogP contribution in [0.1, 0.15) is 18.2 Å². The van der Waals surface area contributed by atoms with Crippen molar-refractivity contribution in [1.29, 1.82) is 5.26 Å². The molecule has 142 valence electrons. The van der Waals surface area contributed by atoms with Crippen molar-refractivity contribution in [2.75, 3.05) is 7.11 Å². The number of nitriles is 1. The van der Waals surface area contributed by atoms with E-state index in [1.807, 2.05) is 6.07 Å². The van der Waals surface area contributed by atoms with Crippen molar-refractivity contribution in [3.8, 4) is 23.4 Å². The van der Waals surface area contributed by atoms with Gasteiger partial charge in [0.15, 0.2) is 11.9 Å². The molecule has 0 saturated heterocycles. The molecule has 0 unspecified atom stereocenters. The molecule has 2 rings (SSSR count). The van der Waals surface area contributed by atoms with Gasteiger partial charge < -0.3 is 14.2 Å². The van der Waals surface area contributed by atoms with E-state index in [1.165, 1.54) is 36.9 Å². The number of aromatic nitrogens is 2. The number of carbonyl (C=O) groups excluding carboxylic acids is 1. The minimum atomic E-state index is -0.866. The zero-order chi connectivity index (χ0) is 20.1. The minimum absolute atomic E-state index is 0.210. The molecule has 0 amide bonds. The van der Waals surface area contributed by atoms with Crippen LogP contribution in [0.2, 0.25) is 10.0 Å². The summed E-state index contributed by atoms with van der Waals surface area (Å²) in [6, 6.07) is 4.86. The van der Waals surface area contributed by atoms with E-state index in [0.29, 0.717) is 17.1 Å². The minimum Gasteiger partial charge on any atom is -0.477 e. The average molecular weight is 410 g/mol. The molecule has 27 heavy (non-hydrogen) atoms. The molecule has 7 nitrogen and oxygen atoms in total. The van der Waals surface area contributed by atoms with Crippen LogP contribution in [0.25, 0.3) is 6.08 Å². The van der Waals surface area contributed by atoms with Gasteiger partial charge in [-0.05, 0) is 26.0 Å². The van der Waals surface area contributed by atoms with Crippen LogP contribution >= 0.6 is 23.2 Å². The van der Waals surface area contributed by atoms with Crippen molar-refractivity contribution < 1.29 is 19.0 Å². The first kappa shape index (κ1) is 20.6. The number of hydrogen-bond donors (Lipinski definition) is 0. The van der Waals surface area contributed by atoms with Gasteiger partial charge in [0.25, 0.3) is 0 Å². The predicted molar refractivity (Wildman–Crippen MR) is 101 cm³/mol. The van der Waals surface area contributed by atoms with E-state index in [-0.39, 0.29) is 21.5 Å². The first-order valence-electron chi connectivity index (χ1n) is 7.79. The Hall–Kier alpha value is -2.69. The Morgan fingerprint density at radius 2 is 2.00 bits per heavy atom. The average Bonchev–Trinajstić information content (AvgIpc) is 2.89. The van der Waals surface area contributed by atoms with E-state index >= 15 is 0 Å². The van der Waals surface area contributed by atoms with Gasteiger partial charge in [-0.1, -0.05) is 23.2 Å². The van der Waals surface area contributed by atoms with Crippen molar-refractivity contribution in [2.24, 2.45) is 7.05 Å². The van der Waals surface area contributed by atoms with Crippen LogP contribution in [0.5, 0.6) is 17.4 Å².